The van der Waals surface area contributed by atoms with E-state index in [1.54, 1.807) is 0 Å². The van der Waals surface area contributed by atoms with Gasteiger partial charge < -0.3 is 10.1 Å². The zero-order chi connectivity index (χ0) is 20.1. The number of hydrogen-bond acceptors (Lipinski definition) is 3. The van der Waals surface area contributed by atoms with E-state index in [-0.39, 0.29) is 18.2 Å². The molecule has 1 aliphatic rings. The fourth-order valence-electron chi connectivity index (χ4n) is 3.60. The van der Waals surface area contributed by atoms with Gasteiger partial charge in [-0.2, -0.15) is 0 Å². The molecule has 3 aromatic carbocycles. The third-order valence-electron chi connectivity index (χ3n) is 5.17. The van der Waals surface area contributed by atoms with Gasteiger partial charge >= 0.3 is 0 Å². The highest BCUT2D eigenvalue weighted by molar-refractivity contribution is 5.96. The molecule has 3 nitrogen and oxygen atoms in total. The Morgan fingerprint density at radius 2 is 1.48 bits per heavy atom. The molecule has 0 saturated carbocycles. The Kier molecular flexibility index (Phi) is 5.76. The van der Waals surface area contributed by atoms with Crippen LogP contribution >= 0.6 is 0 Å². The summed E-state index contributed by atoms with van der Waals surface area (Å²) in [5, 5.41) is 3.65. The van der Waals surface area contributed by atoms with Crippen molar-refractivity contribution in [2.24, 2.45) is 4.99 Å². The fraction of sp³-hybridized carbons (Fsp3) is 0.192. The summed E-state index contributed by atoms with van der Waals surface area (Å²) in [6.07, 6.45) is 1.97. The Bertz CT molecular complexity index is 981. The van der Waals surface area contributed by atoms with Crippen LogP contribution in [0.5, 0.6) is 0 Å². The molecule has 0 unspecified atom stereocenters. The highest BCUT2D eigenvalue weighted by atomic mass is 16.5. The summed E-state index contributed by atoms with van der Waals surface area (Å²) < 4.78 is 6.23. The molecule has 1 aliphatic heterocycles. The van der Waals surface area contributed by atoms with Crippen molar-refractivity contribution in [3.8, 4) is 0 Å². The van der Waals surface area contributed by atoms with Crippen LogP contribution in [0.15, 0.2) is 102 Å². The third kappa shape index (κ3) is 4.57. The predicted molar refractivity (Wildman–Crippen MR) is 120 cm³/mol. The van der Waals surface area contributed by atoms with Gasteiger partial charge in [0.1, 0.15) is 6.10 Å². The Morgan fingerprint density at radius 1 is 0.897 bits per heavy atom. The molecular weight excluding hydrogens is 356 g/mol. The van der Waals surface area contributed by atoms with Crippen molar-refractivity contribution in [2.75, 3.05) is 0 Å². The van der Waals surface area contributed by atoms with E-state index in [2.05, 4.69) is 67.7 Å². The van der Waals surface area contributed by atoms with Crippen molar-refractivity contribution in [1.29, 1.82) is 0 Å². The van der Waals surface area contributed by atoms with Crippen LogP contribution in [-0.4, -0.2) is 11.9 Å². The minimum absolute atomic E-state index is 0.0500. The van der Waals surface area contributed by atoms with E-state index in [0.717, 1.165) is 16.8 Å². The van der Waals surface area contributed by atoms with Crippen LogP contribution in [0.1, 0.15) is 42.7 Å². The number of benzene rings is 3. The second-order valence-electron chi connectivity index (χ2n) is 7.36. The maximum atomic E-state index is 6.23. The lowest BCUT2D eigenvalue weighted by Crippen LogP contribution is -2.18. The molecule has 1 N–H and O–H groups in total. The normalized spacial score (nSPS) is 19.9. The highest BCUT2D eigenvalue weighted by Gasteiger charge is 2.28. The number of ether oxygens (including phenoxy) is 1. The topological polar surface area (TPSA) is 33.6 Å². The Balaban J connectivity index is 1.60. The maximum Gasteiger partial charge on any atom is 0.211 e. The number of aliphatic imine (C=N–C) groups is 1. The molecule has 0 fully saturated rings. The maximum absolute atomic E-state index is 6.23. The van der Waals surface area contributed by atoms with Gasteiger partial charge in [0.25, 0.3) is 0 Å². The largest absolute Gasteiger partial charge is 0.467 e. The molecule has 4 rings (SSSR count). The zero-order valence-electron chi connectivity index (χ0n) is 16.8. The molecule has 0 aliphatic carbocycles. The molecule has 0 aromatic heterocycles. The summed E-state index contributed by atoms with van der Waals surface area (Å²) >= 11 is 0. The van der Waals surface area contributed by atoms with Crippen LogP contribution in [0.2, 0.25) is 0 Å². The van der Waals surface area contributed by atoms with Crippen LogP contribution in [0.4, 0.5) is 0 Å². The lowest BCUT2D eigenvalue weighted by molar-refractivity contribution is 0.203. The molecule has 1 heterocycles. The molecule has 0 spiro atoms. The lowest BCUT2D eigenvalue weighted by Gasteiger charge is -2.19. The SMILES string of the molecule is C[C@H](N/C(=C\C1=N[C@H](C)[C@H](c2ccccc2)O1)c1ccccc1)c1ccccc1. The van der Waals surface area contributed by atoms with Gasteiger partial charge in [-0.1, -0.05) is 91.0 Å². The van der Waals surface area contributed by atoms with Crippen LogP contribution in [0.25, 0.3) is 5.70 Å². The summed E-state index contributed by atoms with van der Waals surface area (Å²) in [4.78, 5) is 4.77. The first-order chi connectivity index (χ1) is 14.2. The Labute approximate surface area is 172 Å². The molecular formula is C26H26N2O. The molecule has 3 atom stereocenters. The van der Waals surface area contributed by atoms with Crippen molar-refractivity contribution >= 4 is 11.6 Å². The molecule has 0 bridgehead atoms. The first-order valence-corrected chi connectivity index (χ1v) is 10.1. The smallest absolute Gasteiger partial charge is 0.211 e. The standard InChI is InChI=1S/C26H26N2O/c1-19(21-12-6-3-7-13-21)27-24(22-14-8-4-9-15-22)18-25-28-20(2)26(29-25)23-16-10-5-11-17-23/h3-20,26-27H,1-2H3/b24-18-/t19-,20+,26+/m0/s1. The van der Waals surface area contributed by atoms with Crippen molar-refractivity contribution in [1.82, 2.24) is 5.32 Å². The van der Waals surface area contributed by atoms with Crippen LogP contribution < -0.4 is 5.32 Å². The molecule has 0 radical (unpaired) electrons. The number of rotatable bonds is 6. The Hall–Kier alpha value is -3.33. The molecule has 29 heavy (non-hydrogen) atoms. The molecule has 3 heteroatoms. The molecule has 0 saturated heterocycles. The van der Waals surface area contributed by atoms with E-state index in [1.807, 2.05) is 48.5 Å². The Morgan fingerprint density at radius 3 is 2.14 bits per heavy atom. The van der Waals surface area contributed by atoms with E-state index < -0.39 is 0 Å². The number of nitrogens with zero attached hydrogens (tertiary/aromatic N) is 1. The summed E-state index contributed by atoms with van der Waals surface area (Å²) in [6.45, 7) is 4.26. The minimum Gasteiger partial charge on any atom is -0.467 e. The van der Waals surface area contributed by atoms with Gasteiger partial charge in [0.2, 0.25) is 5.90 Å². The number of hydrogen-bond donors (Lipinski definition) is 1. The van der Waals surface area contributed by atoms with Gasteiger partial charge in [-0.15, -0.1) is 0 Å². The average molecular weight is 383 g/mol. The van der Waals surface area contributed by atoms with Gasteiger partial charge in [-0.05, 0) is 30.5 Å². The highest BCUT2D eigenvalue weighted by Crippen LogP contribution is 2.30. The summed E-state index contributed by atoms with van der Waals surface area (Å²) in [6, 6.07) is 31.3. The van der Waals surface area contributed by atoms with Gasteiger partial charge in [0, 0.05) is 17.8 Å². The lowest BCUT2D eigenvalue weighted by atomic mass is 10.0. The molecule has 146 valence electrons. The number of nitrogens with one attached hydrogen (secondary N) is 1. The van der Waals surface area contributed by atoms with E-state index in [9.17, 15) is 0 Å². The van der Waals surface area contributed by atoms with Gasteiger partial charge in [0.15, 0.2) is 0 Å². The first kappa shape index (κ1) is 19.0. The van der Waals surface area contributed by atoms with E-state index in [1.165, 1.54) is 5.56 Å². The third-order valence-corrected chi connectivity index (χ3v) is 5.17. The van der Waals surface area contributed by atoms with Crippen molar-refractivity contribution in [3.63, 3.8) is 0 Å². The van der Waals surface area contributed by atoms with E-state index >= 15 is 0 Å². The summed E-state index contributed by atoms with van der Waals surface area (Å²) in [5.41, 5.74) is 4.50. The van der Waals surface area contributed by atoms with Gasteiger partial charge in [0.05, 0.1) is 6.04 Å². The van der Waals surface area contributed by atoms with E-state index in [4.69, 9.17) is 9.73 Å². The van der Waals surface area contributed by atoms with E-state index in [0.29, 0.717) is 5.90 Å². The van der Waals surface area contributed by atoms with Gasteiger partial charge in [-0.3, -0.25) is 0 Å². The summed E-state index contributed by atoms with van der Waals surface area (Å²) in [5.74, 6) is 0.665. The average Bonchev–Trinajstić information content (AvgIpc) is 3.15. The van der Waals surface area contributed by atoms with Crippen molar-refractivity contribution < 1.29 is 4.74 Å². The van der Waals surface area contributed by atoms with Gasteiger partial charge in [-0.25, -0.2) is 4.99 Å². The molecule has 3 aromatic rings. The summed E-state index contributed by atoms with van der Waals surface area (Å²) in [7, 11) is 0. The van der Waals surface area contributed by atoms with Crippen molar-refractivity contribution in [3.05, 3.63) is 114 Å². The zero-order valence-corrected chi connectivity index (χ0v) is 16.8. The molecule has 0 amide bonds. The second-order valence-corrected chi connectivity index (χ2v) is 7.36. The fourth-order valence-corrected chi connectivity index (χ4v) is 3.60. The predicted octanol–water partition coefficient (Wildman–Crippen LogP) is 5.94. The second kappa shape index (κ2) is 8.78. The van der Waals surface area contributed by atoms with Crippen LogP contribution in [-0.2, 0) is 4.74 Å². The van der Waals surface area contributed by atoms with Crippen molar-refractivity contribution in [2.45, 2.75) is 32.0 Å². The van der Waals surface area contributed by atoms with Crippen LogP contribution in [0, 0.1) is 0 Å². The minimum atomic E-state index is -0.0500. The first-order valence-electron chi connectivity index (χ1n) is 10.1. The van der Waals surface area contributed by atoms with Crippen LogP contribution in [0.3, 0.4) is 0 Å². The quantitative estimate of drug-likeness (QED) is 0.573. The monoisotopic (exact) mass is 382 g/mol.